The van der Waals surface area contributed by atoms with E-state index < -0.39 is 11.7 Å². The maximum Gasteiger partial charge on any atom is 0.310 e. The molecule has 212 valence electrons. The standard InChI is InChI=1S/C31H36FN3O5/c1-19(2)31(39)40-18-35-20(3)27(25-17-23(8-11-26(25)35)28(36)30(38)33(4)5)29(37)34-14-12-22(13-15-34)16-21-6-9-24(32)10-7-21/h6-11,17,19,22H,12-16,18H2,1-5H3. The van der Waals surface area contributed by atoms with Crippen LogP contribution in [0.2, 0.25) is 0 Å². The number of carbonyl (C=O) groups is 4. The van der Waals surface area contributed by atoms with Crippen LogP contribution in [-0.2, 0) is 27.5 Å². The summed E-state index contributed by atoms with van der Waals surface area (Å²) in [5.41, 5.74) is 2.95. The molecule has 1 aromatic heterocycles. The van der Waals surface area contributed by atoms with E-state index >= 15 is 0 Å². The molecule has 0 unspecified atom stereocenters. The third kappa shape index (κ3) is 6.08. The largest absolute Gasteiger partial charge is 0.444 e. The van der Waals surface area contributed by atoms with Crippen LogP contribution in [0, 0.1) is 24.6 Å². The van der Waals surface area contributed by atoms with Crippen LogP contribution in [0.4, 0.5) is 4.39 Å². The van der Waals surface area contributed by atoms with Crippen molar-refractivity contribution in [2.75, 3.05) is 27.2 Å². The van der Waals surface area contributed by atoms with Gasteiger partial charge in [0.15, 0.2) is 6.73 Å². The summed E-state index contributed by atoms with van der Waals surface area (Å²) in [4.78, 5) is 54.3. The highest BCUT2D eigenvalue weighted by Gasteiger charge is 2.29. The molecule has 9 heteroatoms. The second-order valence-electron chi connectivity index (χ2n) is 11.0. The molecule has 0 bridgehead atoms. The van der Waals surface area contributed by atoms with Gasteiger partial charge in [0.1, 0.15) is 5.82 Å². The molecule has 0 N–H and O–H groups in total. The predicted octanol–water partition coefficient (Wildman–Crippen LogP) is 4.61. The highest BCUT2D eigenvalue weighted by molar-refractivity contribution is 6.43. The van der Waals surface area contributed by atoms with Gasteiger partial charge in [-0.3, -0.25) is 19.2 Å². The number of amides is 2. The lowest BCUT2D eigenvalue weighted by molar-refractivity contribution is -0.151. The van der Waals surface area contributed by atoms with Crippen molar-refractivity contribution in [3.05, 3.63) is 70.7 Å². The normalized spacial score (nSPS) is 14.0. The lowest BCUT2D eigenvalue weighted by atomic mass is 9.90. The zero-order chi connectivity index (χ0) is 29.1. The summed E-state index contributed by atoms with van der Waals surface area (Å²) >= 11 is 0. The molecule has 1 fully saturated rings. The van der Waals surface area contributed by atoms with E-state index in [4.69, 9.17) is 4.74 Å². The molecule has 0 aliphatic carbocycles. The summed E-state index contributed by atoms with van der Waals surface area (Å²) in [7, 11) is 3.02. The molecule has 40 heavy (non-hydrogen) atoms. The Bertz CT molecular complexity index is 1430. The maximum absolute atomic E-state index is 13.9. The Kier molecular flexibility index (Phi) is 8.71. The fourth-order valence-corrected chi connectivity index (χ4v) is 5.13. The number of ketones is 1. The van der Waals surface area contributed by atoms with Crippen LogP contribution in [0.5, 0.6) is 0 Å². The number of piperidine rings is 1. The van der Waals surface area contributed by atoms with Gasteiger partial charge in [0.2, 0.25) is 5.78 Å². The monoisotopic (exact) mass is 549 g/mol. The predicted molar refractivity (Wildman–Crippen MR) is 149 cm³/mol. The molecule has 1 aliphatic heterocycles. The Hall–Kier alpha value is -4.01. The molecule has 4 rings (SSSR count). The fraction of sp³-hybridized carbons (Fsp3) is 0.419. The number of Topliss-reactive ketones (excluding diaryl/α,β-unsaturated/α-hetero) is 1. The topological polar surface area (TPSA) is 88.9 Å². The average molecular weight is 550 g/mol. The van der Waals surface area contributed by atoms with E-state index in [-0.39, 0.29) is 35.9 Å². The summed E-state index contributed by atoms with van der Waals surface area (Å²) < 4.78 is 20.5. The van der Waals surface area contributed by atoms with E-state index in [1.54, 1.807) is 55.7 Å². The Morgan fingerprint density at radius 1 is 1.02 bits per heavy atom. The van der Waals surface area contributed by atoms with Crippen molar-refractivity contribution in [2.45, 2.75) is 46.8 Å². The first-order chi connectivity index (χ1) is 19.0. The first-order valence-corrected chi connectivity index (χ1v) is 13.6. The number of esters is 1. The highest BCUT2D eigenvalue weighted by Crippen LogP contribution is 2.31. The van der Waals surface area contributed by atoms with Crippen LogP contribution in [0.15, 0.2) is 42.5 Å². The third-order valence-corrected chi connectivity index (χ3v) is 7.55. The number of benzene rings is 2. The fourth-order valence-electron chi connectivity index (χ4n) is 5.13. The zero-order valence-electron chi connectivity index (χ0n) is 23.7. The van der Waals surface area contributed by atoms with Gasteiger partial charge in [0.25, 0.3) is 11.8 Å². The number of fused-ring (bicyclic) bond motifs is 1. The molecular formula is C31H36FN3O5. The van der Waals surface area contributed by atoms with Crippen LogP contribution in [0.25, 0.3) is 10.9 Å². The number of ether oxygens (including phenoxy) is 1. The van der Waals surface area contributed by atoms with Gasteiger partial charge in [-0.05, 0) is 68.0 Å². The minimum absolute atomic E-state index is 0.0731. The number of hydrogen-bond acceptors (Lipinski definition) is 5. The minimum Gasteiger partial charge on any atom is -0.444 e. The summed E-state index contributed by atoms with van der Waals surface area (Å²) in [5.74, 6) is -2.02. The number of aromatic nitrogens is 1. The first-order valence-electron chi connectivity index (χ1n) is 13.6. The molecule has 0 spiro atoms. The summed E-state index contributed by atoms with van der Waals surface area (Å²) in [6.45, 7) is 6.35. The van der Waals surface area contributed by atoms with Crippen molar-refractivity contribution in [1.29, 1.82) is 0 Å². The van der Waals surface area contributed by atoms with Crippen molar-refractivity contribution < 1.29 is 28.3 Å². The summed E-state index contributed by atoms with van der Waals surface area (Å²) in [6, 6.07) is 11.4. The maximum atomic E-state index is 13.9. The van der Waals surface area contributed by atoms with Crippen LogP contribution in [0.3, 0.4) is 0 Å². The molecule has 1 saturated heterocycles. The zero-order valence-corrected chi connectivity index (χ0v) is 23.7. The molecule has 0 atom stereocenters. The van der Waals surface area contributed by atoms with Gasteiger partial charge >= 0.3 is 5.97 Å². The Balaban J connectivity index is 1.62. The summed E-state index contributed by atoms with van der Waals surface area (Å²) in [5, 5.41) is 0.536. The van der Waals surface area contributed by atoms with E-state index in [2.05, 4.69) is 0 Å². The van der Waals surface area contributed by atoms with Crippen molar-refractivity contribution in [2.24, 2.45) is 11.8 Å². The van der Waals surface area contributed by atoms with Crippen molar-refractivity contribution in [3.8, 4) is 0 Å². The second kappa shape index (κ2) is 12.0. The van der Waals surface area contributed by atoms with Crippen molar-refractivity contribution >= 4 is 34.5 Å². The number of carbonyl (C=O) groups excluding carboxylic acids is 4. The Labute approximate surface area is 233 Å². The molecule has 0 saturated carbocycles. The van der Waals surface area contributed by atoms with E-state index in [0.717, 1.165) is 24.8 Å². The number of rotatable bonds is 8. The molecule has 0 radical (unpaired) electrons. The Morgan fingerprint density at radius 2 is 1.68 bits per heavy atom. The van der Waals surface area contributed by atoms with Gasteiger partial charge in [-0.25, -0.2) is 4.39 Å². The van der Waals surface area contributed by atoms with Gasteiger partial charge in [-0.1, -0.05) is 26.0 Å². The van der Waals surface area contributed by atoms with Crippen LogP contribution in [0.1, 0.15) is 58.7 Å². The summed E-state index contributed by atoms with van der Waals surface area (Å²) in [6.07, 6.45) is 2.45. The van der Waals surface area contributed by atoms with Crippen LogP contribution >= 0.6 is 0 Å². The number of likely N-dealkylation sites (tertiary alicyclic amines) is 1. The van der Waals surface area contributed by atoms with Gasteiger partial charge < -0.3 is 19.1 Å². The van der Waals surface area contributed by atoms with E-state index in [1.807, 2.05) is 4.90 Å². The number of nitrogens with zero attached hydrogens (tertiary/aromatic N) is 3. The average Bonchev–Trinajstić information content (AvgIpc) is 3.21. The molecule has 2 heterocycles. The number of hydrogen-bond donors (Lipinski definition) is 0. The van der Waals surface area contributed by atoms with E-state index in [9.17, 15) is 23.6 Å². The molecular weight excluding hydrogens is 513 g/mol. The molecule has 2 aromatic carbocycles. The lowest BCUT2D eigenvalue weighted by Crippen LogP contribution is -2.39. The van der Waals surface area contributed by atoms with Crippen LogP contribution < -0.4 is 0 Å². The van der Waals surface area contributed by atoms with E-state index in [1.165, 1.54) is 31.1 Å². The van der Waals surface area contributed by atoms with E-state index in [0.29, 0.717) is 41.2 Å². The molecule has 3 aromatic rings. The highest BCUT2D eigenvalue weighted by atomic mass is 19.1. The smallest absolute Gasteiger partial charge is 0.310 e. The third-order valence-electron chi connectivity index (χ3n) is 7.55. The van der Waals surface area contributed by atoms with Gasteiger partial charge in [-0.15, -0.1) is 0 Å². The number of likely N-dealkylation sites (N-methyl/N-ethyl adjacent to an activating group) is 1. The SMILES string of the molecule is Cc1c(C(=O)N2CCC(Cc3ccc(F)cc3)CC2)c2cc(C(=O)C(=O)N(C)C)ccc2n1COC(=O)C(C)C. The number of halogens is 1. The minimum atomic E-state index is -0.663. The van der Waals surface area contributed by atoms with Crippen molar-refractivity contribution in [1.82, 2.24) is 14.4 Å². The van der Waals surface area contributed by atoms with Crippen molar-refractivity contribution in [3.63, 3.8) is 0 Å². The lowest BCUT2D eigenvalue weighted by Gasteiger charge is -2.32. The second-order valence-corrected chi connectivity index (χ2v) is 11.0. The first kappa shape index (κ1) is 29.0. The van der Waals surface area contributed by atoms with Gasteiger partial charge in [0.05, 0.1) is 17.0 Å². The molecule has 8 nitrogen and oxygen atoms in total. The van der Waals surface area contributed by atoms with Gasteiger partial charge in [0, 0.05) is 43.8 Å². The van der Waals surface area contributed by atoms with Gasteiger partial charge in [-0.2, -0.15) is 0 Å². The molecule has 1 aliphatic rings. The quantitative estimate of drug-likeness (QED) is 0.233. The Morgan fingerprint density at radius 3 is 2.27 bits per heavy atom. The van der Waals surface area contributed by atoms with Crippen LogP contribution in [-0.4, -0.2) is 65.1 Å². The molecule has 2 amide bonds.